The van der Waals surface area contributed by atoms with Crippen LogP contribution in [0.4, 0.5) is 16.3 Å². The molecule has 1 atom stereocenters. The minimum Gasteiger partial charge on any atom is -0.444 e. The lowest BCUT2D eigenvalue weighted by Crippen LogP contribution is -2.54. The van der Waals surface area contributed by atoms with Crippen LogP contribution in [0.25, 0.3) is 32.8 Å². The minimum atomic E-state index is -0.545. The lowest BCUT2D eigenvalue weighted by molar-refractivity contribution is 0.0218. The molecule has 5 heterocycles. The first kappa shape index (κ1) is 24.2. The Morgan fingerprint density at radius 3 is 2.70 bits per heavy atom. The number of anilines is 1. The average Bonchev–Trinajstić information content (AvgIpc) is 3.28. The Morgan fingerprint density at radius 1 is 1.16 bits per heavy atom. The minimum absolute atomic E-state index is 0.00645. The molecule has 4 aromatic rings. The molecule has 0 spiro atoms. The molecule has 0 bridgehead atoms. The molecule has 0 aliphatic carbocycles. The number of piperazine rings is 1. The zero-order valence-corrected chi connectivity index (χ0v) is 21.3. The van der Waals surface area contributed by atoms with Crippen LogP contribution in [-0.4, -0.2) is 66.8 Å². The second-order valence-corrected chi connectivity index (χ2v) is 10.0. The molecule has 37 heavy (non-hydrogen) atoms. The van der Waals surface area contributed by atoms with Crippen LogP contribution in [-0.2, 0) is 4.74 Å². The summed E-state index contributed by atoms with van der Waals surface area (Å²) in [4.78, 5) is 38.3. The first-order chi connectivity index (χ1) is 17.7. The molecule has 10 heteroatoms. The molecule has 1 saturated heterocycles. The van der Waals surface area contributed by atoms with Gasteiger partial charge in [-0.3, -0.25) is 9.55 Å². The number of pyridine rings is 2. The predicted molar refractivity (Wildman–Crippen MR) is 141 cm³/mol. The van der Waals surface area contributed by atoms with E-state index >= 15 is 0 Å². The zero-order chi connectivity index (χ0) is 26.2. The number of carbonyl (C=O) groups is 1. The third-order valence-electron chi connectivity index (χ3n) is 6.19. The Balaban J connectivity index is 1.59. The third-order valence-corrected chi connectivity index (χ3v) is 6.19. The van der Waals surface area contributed by atoms with E-state index in [1.54, 1.807) is 35.8 Å². The van der Waals surface area contributed by atoms with Crippen LogP contribution in [0.2, 0.25) is 0 Å². The molecule has 10 nitrogen and oxygen atoms in total. The summed E-state index contributed by atoms with van der Waals surface area (Å²) >= 11 is 0. The van der Waals surface area contributed by atoms with Crippen molar-refractivity contribution >= 4 is 28.6 Å². The van der Waals surface area contributed by atoms with E-state index in [0.717, 1.165) is 22.3 Å². The van der Waals surface area contributed by atoms with Gasteiger partial charge in [0.1, 0.15) is 23.6 Å². The van der Waals surface area contributed by atoms with Crippen LogP contribution >= 0.6 is 0 Å². The van der Waals surface area contributed by atoms with Crippen molar-refractivity contribution in [3.63, 3.8) is 0 Å². The number of ether oxygens (including phenoxy) is 1. The van der Waals surface area contributed by atoms with E-state index in [1.165, 1.54) is 0 Å². The summed E-state index contributed by atoms with van der Waals surface area (Å²) < 4.78 is 7.48. The standard InChI is InChI=1S/C27H28N8O2/c1-18-15-33(26(36)37-27(2,3)4)11-12-34(18)24-23-21(19-7-6-9-29-14-19)16-35(25(23)32-17-31-24)22-13-20(28-5)8-10-30-22/h6-10,13-14,16-18H,11-12,15H2,1-4H3/t18-/m0/s1. The van der Waals surface area contributed by atoms with Crippen LogP contribution in [0.3, 0.4) is 0 Å². The summed E-state index contributed by atoms with van der Waals surface area (Å²) in [6.45, 7) is 16.7. The Hall–Kier alpha value is -4.52. The monoisotopic (exact) mass is 496 g/mol. The number of nitrogens with zero attached hydrogens (tertiary/aromatic N) is 8. The fourth-order valence-corrected chi connectivity index (χ4v) is 4.55. The number of carbonyl (C=O) groups excluding carboxylic acids is 1. The molecule has 1 aliphatic rings. The molecule has 1 fully saturated rings. The summed E-state index contributed by atoms with van der Waals surface area (Å²) in [6.07, 6.45) is 8.38. The maximum Gasteiger partial charge on any atom is 0.410 e. The zero-order valence-electron chi connectivity index (χ0n) is 21.3. The van der Waals surface area contributed by atoms with Gasteiger partial charge in [0.25, 0.3) is 0 Å². The molecule has 0 saturated carbocycles. The normalized spacial score (nSPS) is 16.0. The molecule has 4 aromatic heterocycles. The van der Waals surface area contributed by atoms with Gasteiger partial charge in [0, 0.05) is 61.6 Å². The Bertz CT molecular complexity index is 1490. The van der Waals surface area contributed by atoms with Crippen molar-refractivity contribution in [2.75, 3.05) is 24.5 Å². The molecule has 1 aliphatic heterocycles. The van der Waals surface area contributed by atoms with Crippen molar-refractivity contribution in [2.45, 2.75) is 39.3 Å². The van der Waals surface area contributed by atoms with E-state index in [1.807, 2.05) is 49.9 Å². The van der Waals surface area contributed by atoms with Crippen LogP contribution in [0.15, 0.2) is 55.4 Å². The van der Waals surface area contributed by atoms with Gasteiger partial charge in [0.2, 0.25) is 0 Å². The molecule has 0 N–H and O–H groups in total. The van der Waals surface area contributed by atoms with E-state index in [2.05, 4.69) is 31.6 Å². The molecule has 1 amide bonds. The largest absolute Gasteiger partial charge is 0.444 e. The number of aromatic nitrogens is 5. The van der Waals surface area contributed by atoms with Crippen LogP contribution < -0.4 is 4.90 Å². The molecule has 0 radical (unpaired) electrons. The molecular weight excluding hydrogens is 468 g/mol. The van der Waals surface area contributed by atoms with Gasteiger partial charge in [-0.15, -0.1) is 0 Å². The SMILES string of the molecule is [C-]#[N+]c1ccnc(-n2cc(-c3cccnc3)c3c(N4CCN(C(=O)OC(C)(C)C)C[C@@H]4C)ncnc32)c1. The number of hydrogen-bond acceptors (Lipinski definition) is 7. The molecule has 0 aromatic carbocycles. The second kappa shape index (κ2) is 9.50. The van der Waals surface area contributed by atoms with Crippen molar-refractivity contribution in [3.8, 4) is 16.9 Å². The highest BCUT2D eigenvalue weighted by atomic mass is 16.6. The smallest absolute Gasteiger partial charge is 0.410 e. The van der Waals surface area contributed by atoms with Crippen molar-refractivity contribution in [1.82, 2.24) is 29.4 Å². The fraction of sp³-hybridized carbons (Fsp3) is 0.333. The van der Waals surface area contributed by atoms with Crippen LogP contribution in [0, 0.1) is 6.57 Å². The Kier molecular flexibility index (Phi) is 6.21. The molecular formula is C27H28N8O2. The van der Waals surface area contributed by atoms with Gasteiger partial charge in [-0.1, -0.05) is 6.07 Å². The van der Waals surface area contributed by atoms with Gasteiger partial charge in [-0.2, -0.15) is 0 Å². The number of fused-ring (bicyclic) bond motifs is 1. The summed E-state index contributed by atoms with van der Waals surface area (Å²) in [5.41, 5.74) is 2.46. The molecule has 0 unspecified atom stereocenters. The highest BCUT2D eigenvalue weighted by Gasteiger charge is 2.32. The molecule has 5 rings (SSSR count). The van der Waals surface area contributed by atoms with Gasteiger partial charge in [0.15, 0.2) is 11.3 Å². The lowest BCUT2D eigenvalue weighted by Gasteiger charge is -2.41. The van der Waals surface area contributed by atoms with Gasteiger partial charge < -0.3 is 14.5 Å². The topological polar surface area (TPSA) is 93.6 Å². The summed E-state index contributed by atoms with van der Waals surface area (Å²) in [5, 5.41) is 0.864. The van der Waals surface area contributed by atoms with Crippen molar-refractivity contribution < 1.29 is 9.53 Å². The number of rotatable bonds is 3. The third kappa shape index (κ3) is 4.80. The fourth-order valence-electron chi connectivity index (χ4n) is 4.55. The Morgan fingerprint density at radius 2 is 2.00 bits per heavy atom. The first-order valence-corrected chi connectivity index (χ1v) is 12.1. The van der Waals surface area contributed by atoms with E-state index in [-0.39, 0.29) is 12.1 Å². The van der Waals surface area contributed by atoms with E-state index < -0.39 is 5.60 Å². The summed E-state index contributed by atoms with van der Waals surface area (Å²) in [7, 11) is 0. The summed E-state index contributed by atoms with van der Waals surface area (Å²) in [6, 6.07) is 7.30. The van der Waals surface area contributed by atoms with Gasteiger partial charge in [-0.25, -0.2) is 24.6 Å². The van der Waals surface area contributed by atoms with Gasteiger partial charge in [-0.05, 0) is 45.9 Å². The quantitative estimate of drug-likeness (QED) is 0.373. The lowest BCUT2D eigenvalue weighted by atomic mass is 10.1. The maximum atomic E-state index is 12.7. The first-order valence-electron chi connectivity index (χ1n) is 12.1. The van der Waals surface area contributed by atoms with Crippen molar-refractivity contribution in [2.24, 2.45) is 0 Å². The number of hydrogen-bond donors (Lipinski definition) is 0. The van der Waals surface area contributed by atoms with Gasteiger partial charge in [0.05, 0.1) is 12.0 Å². The van der Waals surface area contributed by atoms with E-state index in [9.17, 15) is 4.79 Å². The van der Waals surface area contributed by atoms with E-state index in [0.29, 0.717) is 36.8 Å². The predicted octanol–water partition coefficient (Wildman–Crippen LogP) is 4.87. The second-order valence-electron chi connectivity index (χ2n) is 10.0. The highest BCUT2D eigenvalue weighted by molar-refractivity contribution is 6.02. The number of amides is 1. The van der Waals surface area contributed by atoms with Crippen LogP contribution in [0.5, 0.6) is 0 Å². The highest BCUT2D eigenvalue weighted by Crippen LogP contribution is 2.37. The Labute approximate surface area is 215 Å². The van der Waals surface area contributed by atoms with E-state index in [4.69, 9.17) is 16.3 Å². The average molecular weight is 497 g/mol. The maximum absolute atomic E-state index is 12.7. The van der Waals surface area contributed by atoms with Crippen LogP contribution in [0.1, 0.15) is 27.7 Å². The summed E-state index contributed by atoms with van der Waals surface area (Å²) in [5.74, 6) is 1.38. The van der Waals surface area contributed by atoms with Gasteiger partial charge >= 0.3 is 6.09 Å². The van der Waals surface area contributed by atoms with Crippen molar-refractivity contribution in [3.05, 3.63) is 66.8 Å². The molecule has 188 valence electrons. The van der Waals surface area contributed by atoms with Crippen molar-refractivity contribution in [1.29, 1.82) is 0 Å².